The summed E-state index contributed by atoms with van der Waals surface area (Å²) in [6.45, 7) is 4.11. The van der Waals surface area contributed by atoms with E-state index in [4.69, 9.17) is 0 Å². The van der Waals surface area contributed by atoms with Gasteiger partial charge in [-0.05, 0) is 47.9 Å². The third kappa shape index (κ3) is 2.23. The van der Waals surface area contributed by atoms with E-state index in [1.165, 1.54) is 32.5 Å². The molecule has 3 rings (SSSR count). The second kappa shape index (κ2) is 4.89. The molecule has 0 spiro atoms. The summed E-state index contributed by atoms with van der Waals surface area (Å²) in [6.07, 6.45) is 0. The lowest BCUT2D eigenvalue weighted by Gasteiger charge is -2.18. The summed E-state index contributed by atoms with van der Waals surface area (Å²) in [5.74, 6) is 0. The molecule has 2 aromatic rings. The van der Waals surface area contributed by atoms with Crippen molar-refractivity contribution in [1.29, 1.82) is 0 Å². The summed E-state index contributed by atoms with van der Waals surface area (Å²) in [5, 5.41) is 3.29. The molecule has 0 amide bonds. The van der Waals surface area contributed by atoms with Crippen molar-refractivity contribution in [3.8, 4) is 0 Å². The van der Waals surface area contributed by atoms with E-state index in [1.54, 1.807) is 0 Å². The Morgan fingerprint density at radius 3 is 2.74 bits per heavy atom. The smallest absolute Gasteiger partial charge is 0.0457 e. The zero-order valence-corrected chi connectivity index (χ0v) is 12.8. The van der Waals surface area contributed by atoms with Crippen LogP contribution in [0.5, 0.6) is 0 Å². The van der Waals surface area contributed by atoms with E-state index >= 15 is 0 Å². The molecule has 98 valence electrons. The van der Waals surface area contributed by atoms with E-state index < -0.39 is 0 Å². The SMILES string of the molecule is CNc1cccc2c1CN(c1ccc(Br)c(C)c1)C2. The zero-order valence-electron chi connectivity index (χ0n) is 11.2. The van der Waals surface area contributed by atoms with Gasteiger partial charge in [0.2, 0.25) is 0 Å². The van der Waals surface area contributed by atoms with E-state index in [9.17, 15) is 0 Å². The highest BCUT2D eigenvalue weighted by atomic mass is 79.9. The molecule has 1 heterocycles. The summed E-state index contributed by atoms with van der Waals surface area (Å²) in [4.78, 5) is 2.42. The molecule has 0 atom stereocenters. The fourth-order valence-corrected chi connectivity index (χ4v) is 2.91. The predicted molar refractivity (Wildman–Crippen MR) is 84.8 cm³/mol. The van der Waals surface area contributed by atoms with Gasteiger partial charge in [0.15, 0.2) is 0 Å². The van der Waals surface area contributed by atoms with Crippen LogP contribution in [0.3, 0.4) is 0 Å². The van der Waals surface area contributed by atoms with Crippen molar-refractivity contribution < 1.29 is 0 Å². The molecule has 2 aromatic carbocycles. The molecule has 1 N–H and O–H groups in total. The van der Waals surface area contributed by atoms with Gasteiger partial charge in [-0.25, -0.2) is 0 Å². The van der Waals surface area contributed by atoms with Crippen LogP contribution in [0, 0.1) is 6.92 Å². The number of benzene rings is 2. The number of nitrogens with one attached hydrogen (secondary N) is 1. The van der Waals surface area contributed by atoms with Gasteiger partial charge in [-0.1, -0.05) is 28.1 Å². The molecule has 1 aliphatic heterocycles. The minimum absolute atomic E-state index is 0.980. The summed E-state index contributed by atoms with van der Waals surface area (Å²) >= 11 is 3.56. The lowest BCUT2D eigenvalue weighted by Crippen LogP contribution is -2.14. The summed E-state index contributed by atoms with van der Waals surface area (Å²) < 4.78 is 1.17. The standard InChI is InChI=1S/C16H17BrN2/c1-11-8-13(6-7-15(11)17)19-9-12-4-3-5-16(18-2)14(12)10-19/h3-8,18H,9-10H2,1-2H3. The normalized spacial score (nSPS) is 13.5. The predicted octanol–water partition coefficient (Wildman–Crippen LogP) is 4.32. The van der Waals surface area contributed by atoms with Crippen molar-refractivity contribution in [3.63, 3.8) is 0 Å². The van der Waals surface area contributed by atoms with E-state index in [0.29, 0.717) is 0 Å². The van der Waals surface area contributed by atoms with Gasteiger partial charge < -0.3 is 10.2 Å². The number of rotatable bonds is 2. The third-order valence-corrected chi connectivity index (χ3v) is 4.65. The molecule has 0 saturated carbocycles. The summed E-state index contributed by atoms with van der Waals surface area (Å²) in [6, 6.07) is 13.1. The lowest BCUT2D eigenvalue weighted by atomic mass is 10.1. The van der Waals surface area contributed by atoms with Crippen molar-refractivity contribution in [2.45, 2.75) is 20.0 Å². The van der Waals surface area contributed by atoms with E-state index in [0.717, 1.165) is 13.1 Å². The quantitative estimate of drug-likeness (QED) is 0.887. The van der Waals surface area contributed by atoms with Crippen LogP contribution in [0.15, 0.2) is 40.9 Å². The first-order chi connectivity index (χ1) is 9.19. The maximum absolute atomic E-state index is 3.56. The maximum atomic E-state index is 3.56. The monoisotopic (exact) mass is 316 g/mol. The van der Waals surface area contributed by atoms with Gasteiger partial charge in [-0.2, -0.15) is 0 Å². The van der Waals surface area contributed by atoms with Gasteiger partial charge in [0, 0.05) is 36.0 Å². The highest BCUT2D eigenvalue weighted by molar-refractivity contribution is 9.10. The van der Waals surface area contributed by atoms with Crippen LogP contribution >= 0.6 is 15.9 Å². The molecular weight excluding hydrogens is 300 g/mol. The molecule has 0 aliphatic carbocycles. The molecule has 2 nitrogen and oxygen atoms in total. The largest absolute Gasteiger partial charge is 0.388 e. The van der Waals surface area contributed by atoms with E-state index in [2.05, 4.69) is 69.5 Å². The highest BCUT2D eigenvalue weighted by Crippen LogP contribution is 2.33. The molecule has 0 aromatic heterocycles. The highest BCUT2D eigenvalue weighted by Gasteiger charge is 2.21. The van der Waals surface area contributed by atoms with Crippen molar-refractivity contribution in [3.05, 3.63) is 57.6 Å². The Kier molecular flexibility index (Phi) is 3.23. The summed E-state index contributed by atoms with van der Waals surface area (Å²) in [7, 11) is 1.99. The summed E-state index contributed by atoms with van der Waals surface area (Å²) in [5.41, 5.74) is 6.66. The zero-order chi connectivity index (χ0) is 13.4. The average Bonchev–Trinajstić information content (AvgIpc) is 2.85. The Morgan fingerprint density at radius 1 is 1.16 bits per heavy atom. The van der Waals surface area contributed by atoms with Gasteiger partial charge in [0.05, 0.1) is 0 Å². The number of hydrogen-bond donors (Lipinski definition) is 1. The Hall–Kier alpha value is -1.48. The van der Waals surface area contributed by atoms with Crippen LogP contribution in [0.25, 0.3) is 0 Å². The van der Waals surface area contributed by atoms with Gasteiger partial charge in [-0.15, -0.1) is 0 Å². The van der Waals surface area contributed by atoms with Crippen LogP contribution in [-0.4, -0.2) is 7.05 Å². The molecule has 0 bridgehead atoms. The van der Waals surface area contributed by atoms with E-state index in [1.807, 2.05) is 7.05 Å². The first-order valence-corrected chi connectivity index (χ1v) is 7.28. The third-order valence-electron chi connectivity index (χ3n) is 3.76. The van der Waals surface area contributed by atoms with Crippen LogP contribution in [0.2, 0.25) is 0 Å². The molecule has 0 saturated heterocycles. The molecule has 19 heavy (non-hydrogen) atoms. The van der Waals surface area contributed by atoms with Crippen molar-refractivity contribution in [2.75, 3.05) is 17.3 Å². The minimum atomic E-state index is 0.980. The lowest BCUT2D eigenvalue weighted by molar-refractivity contribution is 0.879. The molecule has 0 radical (unpaired) electrons. The van der Waals surface area contributed by atoms with Crippen LogP contribution in [0.4, 0.5) is 11.4 Å². The number of nitrogens with zero attached hydrogens (tertiary/aromatic N) is 1. The Balaban J connectivity index is 1.93. The average molecular weight is 317 g/mol. The number of hydrogen-bond acceptors (Lipinski definition) is 2. The molecule has 1 aliphatic rings. The number of halogens is 1. The van der Waals surface area contributed by atoms with Crippen LogP contribution in [0.1, 0.15) is 16.7 Å². The van der Waals surface area contributed by atoms with Crippen LogP contribution in [-0.2, 0) is 13.1 Å². The molecule has 0 fully saturated rings. The maximum Gasteiger partial charge on any atom is 0.0457 e. The number of aryl methyl sites for hydroxylation is 1. The Labute approximate surface area is 122 Å². The van der Waals surface area contributed by atoms with Crippen LogP contribution < -0.4 is 10.2 Å². The minimum Gasteiger partial charge on any atom is -0.388 e. The molecule has 3 heteroatoms. The Bertz CT molecular complexity index is 622. The topological polar surface area (TPSA) is 15.3 Å². The number of anilines is 2. The first kappa shape index (κ1) is 12.5. The second-order valence-electron chi connectivity index (χ2n) is 4.98. The number of fused-ring (bicyclic) bond motifs is 1. The Morgan fingerprint density at radius 2 is 2.00 bits per heavy atom. The second-order valence-corrected chi connectivity index (χ2v) is 5.84. The first-order valence-electron chi connectivity index (χ1n) is 6.48. The van der Waals surface area contributed by atoms with Crippen molar-refractivity contribution in [2.24, 2.45) is 0 Å². The van der Waals surface area contributed by atoms with Gasteiger partial charge in [-0.3, -0.25) is 0 Å². The van der Waals surface area contributed by atoms with Gasteiger partial charge in [0.1, 0.15) is 0 Å². The van der Waals surface area contributed by atoms with Crippen molar-refractivity contribution in [1.82, 2.24) is 0 Å². The molecular formula is C16H17BrN2. The van der Waals surface area contributed by atoms with E-state index in [-0.39, 0.29) is 0 Å². The fourth-order valence-electron chi connectivity index (χ4n) is 2.66. The fraction of sp³-hybridized carbons (Fsp3) is 0.250. The van der Waals surface area contributed by atoms with Gasteiger partial charge in [0.25, 0.3) is 0 Å². The van der Waals surface area contributed by atoms with Gasteiger partial charge >= 0.3 is 0 Å². The van der Waals surface area contributed by atoms with Crippen molar-refractivity contribution >= 4 is 27.3 Å². The molecule has 0 unspecified atom stereocenters.